The molecule has 1 amide bonds. The molecule has 1 aliphatic heterocycles. The summed E-state index contributed by atoms with van der Waals surface area (Å²) in [6.45, 7) is 19.9. The number of carbonyl (C=O) groups excluding carboxylic acids is 1. The third-order valence-corrected chi connectivity index (χ3v) is 9.48. The van der Waals surface area contributed by atoms with Gasteiger partial charge in [0.05, 0.1) is 6.61 Å². The van der Waals surface area contributed by atoms with Crippen LogP contribution in [-0.4, -0.2) is 57.2 Å². The summed E-state index contributed by atoms with van der Waals surface area (Å²) in [6, 6.07) is 0.191. The standard InChI is InChI=1S/C18H38N2O3Si/c1-17(2,3)23-16(21)20(15-10-9-11-19-14-15)12-13-22-24(7,8)18(4,5)6/h15,19H,9-14H2,1-8H3/t15-/m0/s1. The van der Waals surface area contributed by atoms with E-state index in [1.807, 2.05) is 25.7 Å². The van der Waals surface area contributed by atoms with Gasteiger partial charge < -0.3 is 19.4 Å². The zero-order valence-corrected chi connectivity index (χ0v) is 18.0. The zero-order valence-electron chi connectivity index (χ0n) is 17.0. The summed E-state index contributed by atoms with van der Waals surface area (Å²) in [5.41, 5.74) is -0.474. The van der Waals surface area contributed by atoms with E-state index in [-0.39, 0.29) is 17.2 Å². The monoisotopic (exact) mass is 358 g/mol. The Morgan fingerprint density at radius 3 is 2.29 bits per heavy atom. The van der Waals surface area contributed by atoms with Gasteiger partial charge in [-0.3, -0.25) is 0 Å². The molecule has 1 rings (SSSR count). The van der Waals surface area contributed by atoms with Gasteiger partial charge in [-0.25, -0.2) is 4.79 Å². The molecule has 0 aliphatic carbocycles. The first-order valence-electron chi connectivity index (χ1n) is 9.18. The fraction of sp³-hybridized carbons (Fsp3) is 0.944. The van der Waals surface area contributed by atoms with Crippen LogP contribution in [0.1, 0.15) is 54.4 Å². The van der Waals surface area contributed by atoms with Crippen molar-refractivity contribution >= 4 is 14.4 Å². The second-order valence-corrected chi connectivity index (χ2v) is 14.1. The fourth-order valence-electron chi connectivity index (χ4n) is 2.46. The number of amides is 1. The van der Waals surface area contributed by atoms with Crippen molar-refractivity contribution in [3.63, 3.8) is 0 Å². The van der Waals surface area contributed by atoms with Gasteiger partial charge in [-0.2, -0.15) is 0 Å². The van der Waals surface area contributed by atoms with Gasteiger partial charge in [0.1, 0.15) is 5.60 Å². The van der Waals surface area contributed by atoms with Crippen molar-refractivity contribution in [2.45, 2.75) is 84.2 Å². The molecule has 1 fully saturated rings. The van der Waals surface area contributed by atoms with Crippen LogP contribution in [0.15, 0.2) is 0 Å². The van der Waals surface area contributed by atoms with E-state index in [0.29, 0.717) is 13.2 Å². The number of piperidine rings is 1. The van der Waals surface area contributed by atoms with Crippen molar-refractivity contribution in [3.8, 4) is 0 Å². The Kier molecular flexibility index (Phi) is 7.32. The molecule has 1 heterocycles. The summed E-state index contributed by atoms with van der Waals surface area (Å²) in [6.07, 6.45) is 1.88. The molecule has 1 N–H and O–H groups in total. The molecular formula is C18H38N2O3Si. The number of carbonyl (C=O) groups is 1. The molecule has 0 spiro atoms. The number of hydrogen-bond donors (Lipinski definition) is 1. The minimum absolute atomic E-state index is 0.177. The summed E-state index contributed by atoms with van der Waals surface area (Å²) in [5, 5.41) is 3.56. The van der Waals surface area contributed by atoms with Gasteiger partial charge in [0, 0.05) is 19.1 Å². The van der Waals surface area contributed by atoms with Gasteiger partial charge in [0.2, 0.25) is 0 Å². The molecular weight excluding hydrogens is 320 g/mol. The minimum atomic E-state index is -1.80. The Bertz CT molecular complexity index is 407. The average molecular weight is 359 g/mol. The van der Waals surface area contributed by atoms with Crippen molar-refractivity contribution in [2.75, 3.05) is 26.2 Å². The summed E-state index contributed by atoms with van der Waals surface area (Å²) in [4.78, 5) is 14.5. The highest BCUT2D eigenvalue weighted by molar-refractivity contribution is 6.74. The highest BCUT2D eigenvalue weighted by Gasteiger charge is 2.37. The van der Waals surface area contributed by atoms with Crippen LogP contribution in [0, 0.1) is 0 Å². The predicted molar refractivity (Wildman–Crippen MR) is 102 cm³/mol. The number of rotatable bonds is 5. The minimum Gasteiger partial charge on any atom is -0.444 e. The van der Waals surface area contributed by atoms with Crippen LogP contribution in [0.25, 0.3) is 0 Å². The molecule has 6 heteroatoms. The molecule has 0 unspecified atom stereocenters. The Balaban J connectivity index is 2.70. The zero-order chi connectivity index (χ0) is 18.6. The van der Waals surface area contributed by atoms with Crippen LogP contribution in [0.5, 0.6) is 0 Å². The summed E-state index contributed by atoms with van der Waals surface area (Å²) < 4.78 is 11.9. The van der Waals surface area contributed by atoms with Gasteiger partial charge in [-0.05, 0) is 58.3 Å². The Labute approximate surface area is 149 Å². The van der Waals surface area contributed by atoms with Crippen molar-refractivity contribution in [2.24, 2.45) is 0 Å². The van der Waals surface area contributed by atoms with E-state index in [2.05, 4.69) is 39.2 Å². The SMILES string of the molecule is CC(C)(C)OC(=O)N(CCO[Si](C)(C)C(C)(C)C)[C@H]1CCCNC1. The highest BCUT2D eigenvalue weighted by atomic mass is 28.4. The van der Waals surface area contributed by atoms with Crippen molar-refractivity contribution in [1.82, 2.24) is 10.2 Å². The first kappa shape index (κ1) is 21.4. The second kappa shape index (κ2) is 8.19. The van der Waals surface area contributed by atoms with Crippen LogP contribution in [0.3, 0.4) is 0 Å². The smallest absolute Gasteiger partial charge is 0.410 e. The van der Waals surface area contributed by atoms with Gasteiger partial charge in [0.25, 0.3) is 0 Å². The van der Waals surface area contributed by atoms with E-state index < -0.39 is 13.9 Å². The maximum absolute atomic E-state index is 12.6. The fourth-order valence-corrected chi connectivity index (χ4v) is 3.49. The van der Waals surface area contributed by atoms with Crippen LogP contribution in [-0.2, 0) is 9.16 Å². The molecule has 142 valence electrons. The van der Waals surface area contributed by atoms with Crippen molar-refractivity contribution in [3.05, 3.63) is 0 Å². The molecule has 1 saturated heterocycles. The highest BCUT2D eigenvalue weighted by Crippen LogP contribution is 2.36. The third kappa shape index (κ3) is 6.73. The number of ether oxygens (including phenoxy) is 1. The molecule has 0 bridgehead atoms. The van der Waals surface area contributed by atoms with Crippen LogP contribution < -0.4 is 5.32 Å². The second-order valence-electron chi connectivity index (χ2n) is 9.28. The van der Waals surface area contributed by atoms with Crippen LogP contribution >= 0.6 is 0 Å². The summed E-state index contributed by atoms with van der Waals surface area (Å²) in [5.74, 6) is 0. The summed E-state index contributed by atoms with van der Waals surface area (Å²) in [7, 11) is -1.80. The average Bonchev–Trinajstić information content (AvgIpc) is 2.41. The van der Waals surface area contributed by atoms with Gasteiger partial charge in [-0.1, -0.05) is 20.8 Å². The Hall–Kier alpha value is -0.593. The summed E-state index contributed by atoms with van der Waals surface area (Å²) >= 11 is 0. The van der Waals surface area contributed by atoms with Gasteiger partial charge in [-0.15, -0.1) is 0 Å². The van der Waals surface area contributed by atoms with E-state index >= 15 is 0 Å². The lowest BCUT2D eigenvalue weighted by Crippen LogP contribution is -2.52. The predicted octanol–water partition coefficient (Wildman–Crippen LogP) is 4.00. The van der Waals surface area contributed by atoms with E-state index in [4.69, 9.17) is 9.16 Å². The van der Waals surface area contributed by atoms with E-state index in [0.717, 1.165) is 25.9 Å². The maximum Gasteiger partial charge on any atom is 0.410 e. The molecule has 5 nitrogen and oxygen atoms in total. The molecule has 0 radical (unpaired) electrons. The van der Waals surface area contributed by atoms with Crippen LogP contribution in [0.4, 0.5) is 4.79 Å². The van der Waals surface area contributed by atoms with E-state index in [9.17, 15) is 4.79 Å². The van der Waals surface area contributed by atoms with E-state index in [1.54, 1.807) is 0 Å². The molecule has 0 aromatic carbocycles. The molecule has 0 aromatic rings. The molecule has 1 atom stereocenters. The largest absolute Gasteiger partial charge is 0.444 e. The molecule has 0 saturated carbocycles. The van der Waals surface area contributed by atoms with Crippen molar-refractivity contribution < 1.29 is 14.0 Å². The lowest BCUT2D eigenvalue weighted by molar-refractivity contribution is 0.0102. The molecule has 0 aromatic heterocycles. The normalized spacial score (nSPS) is 19.9. The number of hydrogen-bond acceptors (Lipinski definition) is 4. The first-order valence-corrected chi connectivity index (χ1v) is 12.1. The number of nitrogens with zero attached hydrogens (tertiary/aromatic N) is 1. The first-order chi connectivity index (χ1) is 10.8. The van der Waals surface area contributed by atoms with Gasteiger partial charge in [0.15, 0.2) is 8.32 Å². The molecule has 1 aliphatic rings. The van der Waals surface area contributed by atoms with Gasteiger partial charge >= 0.3 is 6.09 Å². The Morgan fingerprint density at radius 2 is 1.83 bits per heavy atom. The van der Waals surface area contributed by atoms with Crippen molar-refractivity contribution in [1.29, 1.82) is 0 Å². The maximum atomic E-state index is 12.6. The quantitative estimate of drug-likeness (QED) is 0.755. The third-order valence-electron chi connectivity index (χ3n) is 4.94. The van der Waals surface area contributed by atoms with Crippen LogP contribution in [0.2, 0.25) is 18.1 Å². The number of nitrogens with one attached hydrogen (secondary N) is 1. The lowest BCUT2D eigenvalue weighted by atomic mass is 10.1. The topological polar surface area (TPSA) is 50.8 Å². The molecule has 24 heavy (non-hydrogen) atoms. The van der Waals surface area contributed by atoms with E-state index in [1.165, 1.54) is 0 Å². The lowest BCUT2D eigenvalue weighted by Gasteiger charge is -2.39. The Morgan fingerprint density at radius 1 is 1.21 bits per heavy atom.